The van der Waals surface area contributed by atoms with E-state index in [0.29, 0.717) is 10.9 Å². The van der Waals surface area contributed by atoms with Crippen molar-refractivity contribution in [2.45, 2.75) is 6.18 Å². The second-order valence-corrected chi connectivity index (χ2v) is 7.44. The van der Waals surface area contributed by atoms with Crippen LogP contribution in [0.15, 0.2) is 82.0 Å². The van der Waals surface area contributed by atoms with E-state index in [-0.39, 0.29) is 17.0 Å². The molecule has 4 aromatic rings. The third kappa shape index (κ3) is 5.18. The number of amides is 1. The topological polar surface area (TPSA) is 68.5 Å². The van der Waals surface area contributed by atoms with Crippen molar-refractivity contribution in [1.82, 2.24) is 0 Å². The smallest absolute Gasteiger partial charge is 0.417 e. The lowest BCUT2D eigenvalue weighted by Gasteiger charge is -2.12. The molecule has 5 nitrogen and oxygen atoms in total. The van der Waals surface area contributed by atoms with Gasteiger partial charge in [0.25, 0.3) is 5.91 Å². The molecule has 9 heteroatoms. The average molecular weight is 474 g/mol. The van der Waals surface area contributed by atoms with Crippen molar-refractivity contribution in [1.29, 1.82) is 0 Å². The minimum atomic E-state index is -4.65. The first-order valence-electron chi connectivity index (χ1n) is 9.63. The van der Waals surface area contributed by atoms with Crippen LogP contribution in [0.3, 0.4) is 0 Å². The van der Waals surface area contributed by atoms with Crippen LogP contribution in [0.4, 0.5) is 18.9 Å². The van der Waals surface area contributed by atoms with Crippen LogP contribution in [-0.2, 0) is 11.0 Å². The average Bonchev–Trinajstić information content (AvgIpc) is 2.78. The van der Waals surface area contributed by atoms with Crippen molar-refractivity contribution in [2.75, 3.05) is 11.9 Å². The molecule has 33 heavy (non-hydrogen) atoms. The maximum absolute atomic E-state index is 13.0. The van der Waals surface area contributed by atoms with E-state index >= 15 is 0 Å². The third-order valence-corrected chi connectivity index (χ3v) is 5.06. The van der Waals surface area contributed by atoms with Gasteiger partial charge in [0.1, 0.15) is 11.3 Å². The maximum atomic E-state index is 13.0. The number of nitrogens with one attached hydrogen (secondary N) is 1. The van der Waals surface area contributed by atoms with E-state index in [0.717, 1.165) is 17.7 Å². The molecule has 1 amide bonds. The van der Waals surface area contributed by atoms with Gasteiger partial charge >= 0.3 is 11.8 Å². The Morgan fingerprint density at radius 1 is 1.00 bits per heavy atom. The van der Waals surface area contributed by atoms with Crippen LogP contribution in [0.25, 0.3) is 22.1 Å². The summed E-state index contributed by atoms with van der Waals surface area (Å²) >= 11 is 5.58. The second kappa shape index (κ2) is 8.99. The summed E-state index contributed by atoms with van der Waals surface area (Å²) < 4.78 is 49.6. The van der Waals surface area contributed by atoms with E-state index in [2.05, 4.69) is 5.32 Å². The van der Waals surface area contributed by atoms with E-state index in [1.807, 2.05) is 30.3 Å². The van der Waals surface area contributed by atoms with E-state index in [4.69, 9.17) is 20.8 Å². The summed E-state index contributed by atoms with van der Waals surface area (Å²) in [6, 6.07) is 18.5. The number of hydrogen-bond acceptors (Lipinski definition) is 4. The largest absolute Gasteiger partial charge is 0.484 e. The van der Waals surface area contributed by atoms with E-state index in [1.54, 1.807) is 12.1 Å². The number of anilines is 1. The summed E-state index contributed by atoms with van der Waals surface area (Å²) in [7, 11) is 0. The molecule has 0 bridgehead atoms. The molecule has 0 saturated heterocycles. The minimum absolute atomic E-state index is 0.0719. The molecule has 1 heterocycles. The second-order valence-electron chi connectivity index (χ2n) is 7.03. The fourth-order valence-corrected chi connectivity index (χ4v) is 3.48. The summed E-state index contributed by atoms with van der Waals surface area (Å²) in [5, 5.41) is 2.54. The third-order valence-electron chi connectivity index (χ3n) is 4.73. The van der Waals surface area contributed by atoms with Gasteiger partial charge in [-0.25, -0.2) is 4.79 Å². The summed E-state index contributed by atoms with van der Waals surface area (Å²) in [5.74, 6) is -0.428. The molecule has 1 N–H and O–H groups in total. The molecule has 0 fully saturated rings. The van der Waals surface area contributed by atoms with Crippen molar-refractivity contribution < 1.29 is 27.1 Å². The summed E-state index contributed by atoms with van der Waals surface area (Å²) in [6.45, 7) is -0.474. The number of hydrogen-bond donors (Lipinski definition) is 1. The molecule has 0 saturated carbocycles. The first-order valence-corrected chi connectivity index (χ1v) is 10.0. The van der Waals surface area contributed by atoms with Crippen molar-refractivity contribution in [2.24, 2.45) is 0 Å². The Labute approximate surface area is 190 Å². The van der Waals surface area contributed by atoms with Gasteiger partial charge < -0.3 is 14.5 Å². The molecule has 0 spiro atoms. The van der Waals surface area contributed by atoms with Crippen LogP contribution in [0.2, 0.25) is 5.02 Å². The van der Waals surface area contributed by atoms with Gasteiger partial charge in [-0.1, -0.05) is 41.9 Å². The molecule has 0 radical (unpaired) electrons. The quantitative estimate of drug-likeness (QED) is 0.353. The highest BCUT2D eigenvalue weighted by Crippen LogP contribution is 2.36. The van der Waals surface area contributed by atoms with E-state index < -0.39 is 34.9 Å². The van der Waals surface area contributed by atoms with Crippen LogP contribution in [0.1, 0.15) is 5.56 Å². The highest BCUT2D eigenvalue weighted by Gasteiger charge is 2.33. The molecule has 0 aliphatic heterocycles. The van der Waals surface area contributed by atoms with E-state index in [9.17, 15) is 22.8 Å². The first kappa shape index (κ1) is 22.4. The van der Waals surface area contributed by atoms with Gasteiger partial charge in [-0.3, -0.25) is 4.79 Å². The molecule has 0 unspecified atom stereocenters. The lowest BCUT2D eigenvalue weighted by atomic mass is 10.0. The number of carbonyl (C=O) groups excluding carboxylic acids is 1. The van der Waals surface area contributed by atoms with Gasteiger partial charge in [-0.05, 0) is 41.5 Å². The van der Waals surface area contributed by atoms with Crippen molar-refractivity contribution in [3.8, 4) is 16.9 Å². The molecule has 1 aromatic heterocycles. The van der Waals surface area contributed by atoms with Gasteiger partial charge in [0.2, 0.25) is 0 Å². The molecule has 168 valence electrons. The van der Waals surface area contributed by atoms with Gasteiger partial charge in [-0.2, -0.15) is 13.2 Å². The highest BCUT2D eigenvalue weighted by molar-refractivity contribution is 6.31. The Morgan fingerprint density at radius 3 is 2.48 bits per heavy atom. The van der Waals surface area contributed by atoms with Crippen LogP contribution in [-0.4, -0.2) is 12.5 Å². The minimum Gasteiger partial charge on any atom is -0.484 e. The number of ether oxygens (including phenoxy) is 1. The number of alkyl halides is 3. The predicted octanol–water partition coefficient (Wildman–Crippen LogP) is 6.15. The van der Waals surface area contributed by atoms with Gasteiger partial charge in [0, 0.05) is 23.2 Å². The van der Waals surface area contributed by atoms with Crippen LogP contribution >= 0.6 is 11.6 Å². The van der Waals surface area contributed by atoms with Crippen molar-refractivity contribution in [3.05, 3.63) is 93.8 Å². The fourth-order valence-electron chi connectivity index (χ4n) is 3.26. The monoisotopic (exact) mass is 473 g/mol. The fraction of sp³-hybridized carbons (Fsp3) is 0.0833. The predicted molar refractivity (Wildman–Crippen MR) is 118 cm³/mol. The number of carbonyl (C=O) groups is 1. The number of fused-ring (bicyclic) bond motifs is 1. The normalized spacial score (nSPS) is 11.4. The van der Waals surface area contributed by atoms with Gasteiger partial charge in [0.15, 0.2) is 6.61 Å². The molecule has 0 aliphatic carbocycles. The Balaban J connectivity index is 1.50. The molecule has 0 atom stereocenters. The lowest BCUT2D eigenvalue weighted by molar-refractivity contribution is -0.137. The zero-order valence-electron chi connectivity index (χ0n) is 16.8. The van der Waals surface area contributed by atoms with Crippen LogP contribution in [0, 0.1) is 0 Å². The lowest BCUT2D eigenvalue weighted by Crippen LogP contribution is -2.20. The Morgan fingerprint density at radius 2 is 1.76 bits per heavy atom. The van der Waals surface area contributed by atoms with Crippen molar-refractivity contribution >= 4 is 34.2 Å². The van der Waals surface area contributed by atoms with Crippen LogP contribution in [0.5, 0.6) is 5.75 Å². The molecule has 3 aromatic carbocycles. The summed E-state index contributed by atoms with van der Waals surface area (Å²) in [5.41, 5.74) is 0.129. The van der Waals surface area contributed by atoms with Crippen LogP contribution < -0.4 is 15.7 Å². The number of benzene rings is 3. The Kier molecular flexibility index (Phi) is 6.11. The molecular weight excluding hydrogens is 459 g/mol. The Hall–Kier alpha value is -3.78. The zero-order chi connectivity index (χ0) is 23.6. The first-order chi connectivity index (χ1) is 15.7. The van der Waals surface area contributed by atoms with Gasteiger partial charge in [-0.15, -0.1) is 0 Å². The SMILES string of the molecule is O=C(COc1ccc2c(-c3ccccc3)cc(=O)oc2c1)Nc1ccc(Cl)c(C(F)(F)F)c1. The molecule has 4 rings (SSSR count). The van der Waals surface area contributed by atoms with Gasteiger partial charge in [0.05, 0.1) is 10.6 Å². The highest BCUT2D eigenvalue weighted by atomic mass is 35.5. The van der Waals surface area contributed by atoms with Crippen molar-refractivity contribution in [3.63, 3.8) is 0 Å². The Bertz CT molecular complexity index is 1380. The molecular formula is C24H15ClF3NO4. The summed E-state index contributed by atoms with van der Waals surface area (Å²) in [4.78, 5) is 24.2. The molecule has 0 aliphatic rings. The number of rotatable bonds is 5. The zero-order valence-corrected chi connectivity index (χ0v) is 17.5. The van der Waals surface area contributed by atoms with E-state index in [1.165, 1.54) is 18.2 Å². The number of halogens is 4. The maximum Gasteiger partial charge on any atom is 0.417 e. The standard InChI is InChI=1S/C24H15ClF3NO4/c25-20-9-6-15(10-19(20)24(26,27)28)29-22(30)13-32-16-7-8-17-18(14-4-2-1-3-5-14)12-23(31)33-21(17)11-16/h1-12H,13H2,(H,29,30). The summed E-state index contributed by atoms with van der Waals surface area (Å²) in [6.07, 6.45) is -4.65.